The Labute approximate surface area is 101 Å². The van der Waals surface area contributed by atoms with E-state index in [1.165, 1.54) is 0 Å². The number of nitrogens with one attached hydrogen (secondary N) is 1. The Balaban J connectivity index is 2.30. The standard InChI is InChI=1S/C13H28N2O/c1-10(2)13(5)14-8-11(3)15-6-7-16-9-12(15)4/h10-14H,6-9H2,1-5H3. The first kappa shape index (κ1) is 13.9. The normalized spacial score (nSPS) is 27.0. The number of morpholine rings is 1. The maximum absolute atomic E-state index is 5.46. The lowest BCUT2D eigenvalue weighted by Crippen LogP contribution is -2.52. The monoisotopic (exact) mass is 228 g/mol. The SMILES string of the molecule is CC(C)C(C)NCC(C)N1CCOCC1C. The molecule has 96 valence electrons. The van der Waals surface area contributed by atoms with Crippen molar-refractivity contribution in [2.24, 2.45) is 5.92 Å². The van der Waals surface area contributed by atoms with Crippen LogP contribution in [0.25, 0.3) is 0 Å². The van der Waals surface area contributed by atoms with Crippen molar-refractivity contribution in [3.8, 4) is 0 Å². The zero-order valence-corrected chi connectivity index (χ0v) is 11.5. The highest BCUT2D eigenvalue weighted by atomic mass is 16.5. The number of ether oxygens (including phenoxy) is 1. The molecule has 0 bridgehead atoms. The van der Waals surface area contributed by atoms with Gasteiger partial charge in [0.05, 0.1) is 13.2 Å². The summed E-state index contributed by atoms with van der Waals surface area (Å²) in [6.45, 7) is 15.3. The third-order valence-electron chi connectivity index (χ3n) is 3.72. The van der Waals surface area contributed by atoms with Gasteiger partial charge < -0.3 is 10.1 Å². The van der Waals surface area contributed by atoms with Crippen molar-refractivity contribution < 1.29 is 4.74 Å². The summed E-state index contributed by atoms with van der Waals surface area (Å²) in [7, 11) is 0. The third kappa shape index (κ3) is 4.04. The summed E-state index contributed by atoms with van der Waals surface area (Å²) in [5, 5.41) is 3.62. The number of hydrogen-bond acceptors (Lipinski definition) is 3. The second-order valence-electron chi connectivity index (χ2n) is 5.45. The molecule has 1 rings (SSSR count). The molecule has 0 saturated carbocycles. The summed E-state index contributed by atoms with van der Waals surface area (Å²) in [6.07, 6.45) is 0. The first-order chi connectivity index (χ1) is 7.52. The number of rotatable bonds is 5. The lowest BCUT2D eigenvalue weighted by molar-refractivity contribution is -0.0186. The second kappa shape index (κ2) is 6.58. The Hall–Kier alpha value is -0.120. The van der Waals surface area contributed by atoms with E-state index in [9.17, 15) is 0 Å². The van der Waals surface area contributed by atoms with Crippen LogP contribution >= 0.6 is 0 Å². The summed E-state index contributed by atoms with van der Waals surface area (Å²) >= 11 is 0. The van der Waals surface area contributed by atoms with Gasteiger partial charge in [0, 0.05) is 31.2 Å². The fourth-order valence-corrected chi connectivity index (χ4v) is 2.10. The highest BCUT2D eigenvalue weighted by Crippen LogP contribution is 2.10. The molecule has 1 saturated heterocycles. The molecular formula is C13H28N2O. The van der Waals surface area contributed by atoms with Gasteiger partial charge in [0.1, 0.15) is 0 Å². The van der Waals surface area contributed by atoms with Crippen molar-refractivity contribution >= 4 is 0 Å². The molecule has 1 heterocycles. The van der Waals surface area contributed by atoms with Crippen LogP contribution in [0.15, 0.2) is 0 Å². The molecule has 0 aromatic rings. The third-order valence-corrected chi connectivity index (χ3v) is 3.72. The molecular weight excluding hydrogens is 200 g/mol. The van der Waals surface area contributed by atoms with Gasteiger partial charge in [-0.25, -0.2) is 0 Å². The minimum atomic E-state index is 0.555. The molecule has 1 N–H and O–H groups in total. The van der Waals surface area contributed by atoms with Gasteiger partial charge in [-0.1, -0.05) is 13.8 Å². The van der Waals surface area contributed by atoms with Crippen LogP contribution in [0.2, 0.25) is 0 Å². The van der Waals surface area contributed by atoms with Crippen LogP contribution in [0.5, 0.6) is 0 Å². The number of hydrogen-bond donors (Lipinski definition) is 1. The molecule has 3 nitrogen and oxygen atoms in total. The van der Waals surface area contributed by atoms with E-state index >= 15 is 0 Å². The van der Waals surface area contributed by atoms with E-state index in [0.29, 0.717) is 24.0 Å². The molecule has 1 fully saturated rings. The van der Waals surface area contributed by atoms with Gasteiger partial charge in [0.25, 0.3) is 0 Å². The maximum atomic E-state index is 5.46. The van der Waals surface area contributed by atoms with E-state index in [1.54, 1.807) is 0 Å². The molecule has 3 unspecified atom stereocenters. The molecule has 0 aromatic heterocycles. The van der Waals surface area contributed by atoms with Crippen molar-refractivity contribution in [2.75, 3.05) is 26.3 Å². The van der Waals surface area contributed by atoms with Crippen LogP contribution in [-0.2, 0) is 4.74 Å². The zero-order valence-electron chi connectivity index (χ0n) is 11.5. The first-order valence-electron chi connectivity index (χ1n) is 6.59. The van der Waals surface area contributed by atoms with Gasteiger partial charge in [-0.15, -0.1) is 0 Å². The zero-order chi connectivity index (χ0) is 12.1. The largest absolute Gasteiger partial charge is 0.379 e. The van der Waals surface area contributed by atoms with Crippen LogP contribution < -0.4 is 5.32 Å². The van der Waals surface area contributed by atoms with E-state index < -0.39 is 0 Å². The molecule has 1 aliphatic rings. The van der Waals surface area contributed by atoms with Gasteiger partial charge in [-0.3, -0.25) is 4.90 Å². The average Bonchev–Trinajstić information content (AvgIpc) is 2.25. The van der Waals surface area contributed by atoms with Crippen LogP contribution in [0.3, 0.4) is 0 Å². The minimum absolute atomic E-state index is 0.555. The van der Waals surface area contributed by atoms with Crippen molar-refractivity contribution in [2.45, 2.75) is 52.7 Å². The van der Waals surface area contributed by atoms with Crippen molar-refractivity contribution in [1.82, 2.24) is 10.2 Å². The fourth-order valence-electron chi connectivity index (χ4n) is 2.10. The predicted octanol–water partition coefficient (Wildman–Crippen LogP) is 1.73. The molecule has 1 aliphatic heterocycles. The molecule has 0 amide bonds. The van der Waals surface area contributed by atoms with Crippen LogP contribution in [0.4, 0.5) is 0 Å². The smallest absolute Gasteiger partial charge is 0.0619 e. The van der Waals surface area contributed by atoms with Crippen molar-refractivity contribution in [3.05, 3.63) is 0 Å². The molecule has 0 spiro atoms. The quantitative estimate of drug-likeness (QED) is 0.775. The molecule has 0 aromatic carbocycles. The van der Waals surface area contributed by atoms with Gasteiger partial charge in [-0.05, 0) is 26.7 Å². The summed E-state index contributed by atoms with van der Waals surface area (Å²) in [5.41, 5.74) is 0. The Morgan fingerprint density at radius 1 is 1.31 bits per heavy atom. The summed E-state index contributed by atoms with van der Waals surface area (Å²) in [6, 6.07) is 1.75. The van der Waals surface area contributed by atoms with Crippen LogP contribution in [-0.4, -0.2) is 49.3 Å². The molecule has 3 atom stereocenters. The number of nitrogens with zero attached hydrogens (tertiary/aromatic N) is 1. The Bertz CT molecular complexity index is 196. The van der Waals surface area contributed by atoms with E-state index in [2.05, 4.69) is 44.8 Å². The topological polar surface area (TPSA) is 24.5 Å². The van der Waals surface area contributed by atoms with E-state index in [-0.39, 0.29) is 0 Å². The first-order valence-corrected chi connectivity index (χ1v) is 6.59. The van der Waals surface area contributed by atoms with Crippen LogP contribution in [0.1, 0.15) is 34.6 Å². The van der Waals surface area contributed by atoms with Crippen LogP contribution in [0, 0.1) is 5.92 Å². The highest BCUT2D eigenvalue weighted by molar-refractivity contribution is 4.79. The van der Waals surface area contributed by atoms with Crippen molar-refractivity contribution in [3.63, 3.8) is 0 Å². The van der Waals surface area contributed by atoms with Gasteiger partial charge in [0.15, 0.2) is 0 Å². The molecule has 0 radical (unpaired) electrons. The maximum Gasteiger partial charge on any atom is 0.0619 e. The summed E-state index contributed by atoms with van der Waals surface area (Å²) in [5.74, 6) is 0.703. The Morgan fingerprint density at radius 2 is 2.00 bits per heavy atom. The fraction of sp³-hybridized carbons (Fsp3) is 1.00. The van der Waals surface area contributed by atoms with E-state index in [4.69, 9.17) is 4.74 Å². The van der Waals surface area contributed by atoms with Gasteiger partial charge >= 0.3 is 0 Å². The summed E-state index contributed by atoms with van der Waals surface area (Å²) in [4.78, 5) is 2.55. The minimum Gasteiger partial charge on any atom is -0.379 e. The Morgan fingerprint density at radius 3 is 2.56 bits per heavy atom. The average molecular weight is 228 g/mol. The van der Waals surface area contributed by atoms with E-state index in [1.807, 2.05) is 0 Å². The molecule has 16 heavy (non-hydrogen) atoms. The van der Waals surface area contributed by atoms with Gasteiger partial charge in [0.2, 0.25) is 0 Å². The Kier molecular flexibility index (Phi) is 5.73. The predicted molar refractivity (Wildman–Crippen MR) is 68.8 cm³/mol. The lowest BCUT2D eigenvalue weighted by atomic mass is 10.1. The summed E-state index contributed by atoms with van der Waals surface area (Å²) < 4.78 is 5.46. The molecule has 0 aliphatic carbocycles. The second-order valence-corrected chi connectivity index (χ2v) is 5.45. The molecule has 3 heteroatoms. The highest BCUT2D eigenvalue weighted by Gasteiger charge is 2.23. The van der Waals surface area contributed by atoms with E-state index in [0.717, 1.165) is 26.3 Å². The van der Waals surface area contributed by atoms with Gasteiger partial charge in [-0.2, -0.15) is 0 Å². The lowest BCUT2D eigenvalue weighted by Gasteiger charge is -2.38. The van der Waals surface area contributed by atoms with Crippen molar-refractivity contribution in [1.29, 1.82) is 0 Å².